The van der Waals surface area contributed by atoms with E-state index in [1.54, 1.807) is 0 Å². The first-order chi connectivity index (χ1) is 13.4. The second-order valence-corrected chi connectivity index (χ2v) is 8.90. The van der Waals surface area contributed by atoms with Crippen LogP contribution in [0.4, 0.5) is 0 Å². The van der Waals surface area contributed by atoms with E-state index in [9.17, 15) is 4.79 Å². The van der Waals surface area contributed by atoms with Gasteiger partial charge in [0.05, 0.1) is 0 Å². The first-order valence-corrected chi connectivity index (χ1v) is 11.3. The van der Waals surface area contributed by atoms with Gasteiger partial charge in [-0.1, -0.05) is 94.7 Å². The van der Waals surface area contributed by atoms with E-state index in [2.05, 4.69) is 62.3 Å². The number of hydrogen-bond donors (Lipinski definition) is 0. The Bertz CT molecular complexity index is 450. The lowest BCUT2D eigenvalue weighted by molar-refractivity contribution is -0.152. The number of benzene rings is 1. The van der Waals surface area contributed by atoms with Gasteiger partial charge in [-0.25, -0.2) is 4.79 Å². The van der Waals surface area contributed by atoms with Gasteiger partial charge in [-0.05, 0) is 48.8 Å². The average Bonchev–Trinajstić information content (AvgIpc) is 2.60. The molecule has 0 aliphatic heterocycles. The van der Waals surface area contributed by atoms with Crippen LogP contribution in [0, 0.1) is 17.8 Å². The fourth-order valence-corrected chi connectivity index (χ4v) is 1.34. The molecule has 172 valence electrons. The maximum Gasteiger partial charge on any atom is 0.344 e. The summed E-state index contributed by atoms with van der Waals surface area (Å²) < 4.78 is 10.6. The molecule has 0 aromatic heterocycles. The van der Waals surface area contributed by atoms with Gasteiger partial charge >= 0.3 is 5.97 Å². The lowest BCUT2D eigenvalue weighted by atomic mass is 10.1. The van der Waals surface area contributed by atoms with Gasteiger partial charge in [0.2, 0.25) is 0 Å². The second kappa shape index (κ2) is 21.2. The molecule has 0 amide bonds. The number of aryl methyl sites for hydroxylation is 1. The smallest absolute Gasteiger partial charge is 0.344 e. The van der Waals surface area contributed by atoms with Crippen molar-refractivity contribution in [1.82, 2.24) is 0 Å². The van der Waals surface area contributed by atoms with Gasteiger partial charge < -0.3 is 9.47 Å². The van der Waals surface area contributed by atoms with Crippen LogP contribution in [-0.2, 0) is 16.0 Å². The van der Waals surface area contributed by atoms with Crippen molar-refractivity contribution in [2.24, 2.45) is 17.8 Å². The summed E-state index contributed by atoms with van der Waals surface area (Å²) in [6.07, 6.45) is 2.16. The largest absolute Gasteiger partial charge is 0.482 e. The Morgan fingerprint density at radius 1 is 0.793 bits per heavy atom. The molecule has 0 heterocycles. The molecule has 0 N–H and O–H groups in total. The monoisotopic (exact) mass is 410 g/mol. The molecule has 29 heavy (non-hydrogen) atoms. The first kappa shape index (κ1) is 32.2. The van der Waals surface area contributed by atoms with E-state index in [-0.39, 0.29) is 18.7 Å². The fourth-order valence-electron chi connectivity index (χ4n) is 1.34. The zero-order chi connectivity index (χ0) is 23.4. The second-order valence-electron chi connectivity index (χ2n) is 8.90. The van der Waals surface area contributed by atoms with Gasteiger partial charge in [0.1, 0.15) is 11.9 Å². The molecular weight excluding hydrogens is 360 g/mol. The number of esters is 1. The van der Waals surface area contributed by atoms with Crippen molar-refractivity contribution in [3.8, 4) is 5.75 Å². The molecular formula is C26H50O3. The highest BCUT2D eigenvalue weighted by Crippen LogP contribution is 2.13. The van der Waals surface area contributed by atoms with Gasteiger partial charge in [-0.15, -0.1) is 0 Å². The molecule has 0 spiro atoms. The molecule has 0 saturated carbocycles. The highest BCUT2D eigenvalue weighted by Gasteiger charge is 2.13. The minimum atomic E-state index is -0.323. The van der Waals surface area contributed by atoms with Crippen LogP contribution in [0.25, 0.3) is 0 Å². The van der Waals surface area contributed by atoms with Crippen LogP contribution in [0.2, 0.25) is 0 Å². The maximum absolute atomic E-state index is 11.5. The summed E-state index contributed by atoms with van der Waals surface area (Å²) in [6, 6.07) is 7.74. The molecule has 3 heteroatoms. The van der Waals surface area contributed by atoms with Crippen LogP contribution in [0.5, 0.6) is 5.75 Å². The van der Waals surface area contributed by atoms with E-state index in [0.717, 1.165) is 18.3 Å². The van der Waals surface area contributed by atoms with E-state index in [1.807, 2.05) is 45.0 Å². The molecule has 0 aliphatic carbocycles. The van der Waals surface area contributed by atoms with Crippen LogP contribution in [-0.4, -0.2) is 18.7 Å². The lowest BCUT2D eigenvalue weighted by Gasteiger charge is -2.16. The summed E-state index contributed by atoms with van der Waals surface area (Å²) in [4.78, 5) is 11.5. The molecule has 0 fully saturated rings. The Hall–Kier alpha value is -1.51. The average molecular weight is 411 g/mol. The number of ether oxygens (including phenoxy) is 2. The van der Waals surface area contributed by atoms with Gasteiger partial charge in [0, 0.05) is 0 Å². The molecule has 1 rings (SSSR count). The Morgan fingerprint density at radius 2 is 1.17 bits per heavy atom. The van der Waals surface area contributed by atoms with Gasteiger partial charge in [-0.2, -0.15) is 0 Å². The predicted molar refractivity (Wildman–Crippen MR) is 129 cm³/mol. The normalized spacial score (nSPS) is 10.7. The van der Waals surface area contributed by atoms with Crippen LogP contribution in [0.1, 0.15) is 95.1 Å². The Balaban J connectivity index is -0.000000508. The highest BCUT2D eigenvalue weighted by atomic mass is 16.6. The third-order valence-electron chi connectivity index (χ3n) is 2.94. The summed E-state index contributed by atoms with van der Waals surface area (Å²) in [7, 11) is 0. The van der Waals surface area contributed by atoms with E-state index < -0.39 is 0 Å². The van der Waals surface area contributed by atoms with Crippen molar-refractivity contribution in [2.75, 3.05) is 6.61 Å². The van der Waals surface area contributed by atoms with Crippen molar-refractivity contribution in [1.29, 1.82) is 0 Å². The fraction of sp³-hybridized carbons (Fsp3) is 0.731. The van der Waals surface area contributed by atoms with Crippen LogP contribution < -0.4 is 4.74 Å². The molecule has 0 aliphatic rings. The summed E-state index contributed by atoms with van der Waals surface area (Å²) >= 11 is 0. The summed E-state index contributed by atoms with van der Waals surface area (Å²) in [6.45, 7) is 25.2. The first-order valence-electron chi connectivity index (χ1n) is 11.3. The number of carbonyl (C=O) groups excluding carboxylic acids is 1. The zero-order valence-corrected chi connectivity index (χ0v) is 21.5. The molecule has 1 aromatic rings. The third-order valence-corrected chi connectivity index (χ3v) is 2.94. The molecule has 1 atom stereocenters. The maximum atomic E-state index is 11.5. The van der Waals surface area contributed by atoms with Crippen molar-refractivity contribution in [3.05, 3.63) is 29.8 Å². The van der Waals surface area contributed by atoms with Crippen molar-refractivity contribution in [2.45, 2.75) is 102 Å². The molecule has 0 radical (unpaired) electrons. The van der Waals surface area contributed by atoms with Crippen molar-refractivity contribution in [3.63, 3.8) is 0 Å². The van der Waals surface area contributed by atoms with Crippen LogP contribution >= 0.6 is 0 Å². The van der Waals surface area contributed by atoms with E-state index in [0.29, 0.717) is 11.7 Å². The van der Waals surface area contributed by atoms with Crippen molar-refractivity contribution < 1.29 is 14.3 Å². The van der Waals surface area contributed by atoms with E-state index in [4.69, 9.17) is 9.47 Å². The molecule has 0 bridgehead atoms. The predicted octanol–water partition coefficient (Wildman–Crippen LogP) is 7.96. The summed E-state index contributed by atoms with van der Waals surface area (Å²) in [5.74, 6) is 2.36. The number of carbonyl (C=O) groups is 1. The lowest BCUT2D eigenvalue weighted by Crippen LogP contribution is -2.24. The molecule has 1 aromatic carbocycles. The van der Waals surface area contributed by atoms with Gasteiger partial charge in [0.15, 0.2) is 6.61 Å². The van der Waals surface area contributed by atoms with Crippen molar-refractivity contribution >= 4 is 5.97 Å². The van der Waals surface area contributed by atoms with Crippen LogP contribution in [0.3, 0.4) is 0 Å². The van der Waals surface area contributed by atoms with Gasteiger partial charge in [0.25, 0.3) is 0 Å². The summed E-state index contributed by atoms with van der Waals surface area (Å²) in [5.41, 5.74) is 1.25. The summed E-state index contributed by atoms with van der Waals surface area (Å²) in [5, 5.41) is 0. The van der Waals surface area contributed by atoms with E-state index >= 15 is 0 Å². The van der Waals surface area contributed by atoms with Crippen LogP contribution in [0.15, 0.2) is 24.3 Å². The SMILES string of the molecule is CC(C)C.CC(C)C.CCC.CCc1ccc(OCC(=O)OC(C)C(C)C)cc1. The standard InChI is InChI=1S/C15H22O3.2C4H10.C3H8/c1-5-13-6-8-14(9-7-13)17-10-15(16)18-12(4)11(2)3;2*1-4(2)3;1-3-2/h6-9,11-12H,5,10H2,1-4H3;2*4H,1-3H3;3H2,1-2H3. The molecule has 1 unspecified atom stereocenters. The molecule has 0 saturated heterocycles. The Kier molecular flexibility index (Phi) is 23.5. The minimum Gasteiger partial charge on any atom is -0.482 e. The highest BCUT2D eigenvalue weighted by molar-refractivity contribution is 5.71. The minimum absolute atomic E-state index is 0.0392. The number of hydrogen-bond acceptors (Lipinski definition) is 3. The number of rotatable bonds is 6. The Labute approximate surface area is 182 Å². The van der Waals surface area contributed by atoms with Gasteiger partial charge in [-0.3, -0.25) is 0 Å². The van der Waals surface area contributed by atoms with E-state index in [1.165, 1.54) is 12.0 Å². The topological polar surface area (TPSA) is 35.5 Å². The molecule has 3 nitrogen and oxygen atoms in total. The zero-order valence-electron chi connectivity index (χ0n) is 21.5. The Morgan fingerprint density at radius 3 is 1.48 bits per heavy atom. The third kappa shape index (κ3) is 28.8. The quantitative estimate of drug-likeness (QED) is 0.446.